The van der Waals surface area contributed by atoms with E-state index in [2.05, 4.69) is 19.2 Å². The van der Waals surface area contributed by atoms with Crippen LogP contribution in [0.15, 0.2) is 48.5 Å². The number of ether oxygens (including phenoxy) is 2. The van der Waals surface area contributed by atoms with Crippen LogP contribution in [-0.2, 0) is 4.79 Å². The fourth-order valence-corrected chi connectivity index (χ4v) is 3.87. The summed E-state index contributed by atoms with van der Waals surface area (Å²) in [6.07, 6.45) is 0. The zero-order valence-corrected chi connectivity index (χ0v) is 18.1. The Morgan fingerprint density at radius 2 is 1.80 bits per heavy atom. The minimum Gasteiger partial charge on any atom is -0.497 e. The van der Waals surface area contributed by atoms with Gasteiger partial charge in [0.05, 0.1) is 20.1 Å². The van der Waals surface area contributed by atoms with Gasteiger partial charge in [-0.25, -0.2) is 0 Å². The molecule has 2 aromatic carbocycles. The number of methoxy groups -OCH3 is 2. The van der Waals surface area contributed by atoms with E-state index in [9.17, 15) is 9.59 Å². The summed E-state index contributed by atoms with van der Waals surface area (Å²) >= 11 is 0. The molecule has 6 nitrogen and oxygen atoms in total. The standard InChI is InChI=1S/C24H30N2O4/c1-16(2)13-25-23(27)21-15-26(24(28)17-8-6-5-7-9-17)14-20(21)19-11-10-18(29-3)12-22(19)30-4/h5-12,16,20-21H,13-15H2,1-4H3,(H,25,27)/t20-,21+/m1/s1. The predicted octanol–water partition coefficient (Wildman–Crippen LogP) is 3.33. The molecule has 1 heterocycles. The average Bonchev–Trinajstić information content (AvgIpc) is 3.22. The van der Waals surface area contributed by atoms with Gasteiger partial charge in [-0.05, 0) is 24.1 Å². The van der Waals surface area contributed by atoms with Crippen molar-refractivity contribution in [2.24, 2.45) is 11.8 Å². The SMILES string of the molecule is COc1ccc([C@H]2CN(C(=O)c3ccccc3)C[C@@H]2C(=O)NCC(C)C)c(OC)c1. The van der Waals surface area contributed by atoms with Gasteiger partial charge in [0.25, 0.3) is 5.91 Å². The van der Waals surface area contributed by atoms with Gasteiger partial charge in [-0.15, -0.1) is 0 Å². The van der Waals surface area contributed by atoms with Crippen LogP contribution in [-0.4, -0.2) is 50.6 Å². The van der Waals surface area contributed by atoms with E-state index < -0.39 is 0 Å². The Morgan fingerprint density at radius 3 is 2.43 bits per heavy atom. The summed E-state index contributed by atoms with van der Waals surface area (Å²) in [5.74, 6) is 1.10. The minimum atomic E-state index is -0.348. The van der Waals surface area contributed by atoms with Crippen LogP contribution in [0, 0.1) is 11.8 Å². The van der Waals surface area contributed by atoms with Crippen LogP contribution < -0.4 is 14.8 Å². The van der Waals surface area contributed by atoms with Crippen LogP contribution in [0.25, 0.3) is 0 Å². The molecule has 0 aliphatic carbocycles. The Bertz CT molecular complexity index is 882. The van der Waals surface area contributed by atoms with E-state index >= 15 is 0 Å². The molecule has 0 radical (unpaired) electrons. The second-order valence-corrected chi connectivity index (χ2v) is 8.04. The number of rotatable bonds is 7. The number of benzene rings is 2. The van der Waals surface area contributed by atoms with Crippen molar-refractivity contribution in [1.82, 2.24) is 10.2 Å². The molecule has 3 rings (SSSR count). The summed E-state index contributed by atoms with van der Waals surface area (Å²) in [5.41, 5.74) is 1.53. The maximum Gasteiger partial charge on any atom is 0.253 e. The Hall–Kier alpha value is -3.02. The number of nitrogens with one attached hydrogen (secondary N) is 1. The molecular formula is C24H30N2O4. The van der Waals surface area contributed by atoms with E-state index in [1.54, 1.807) is 31.3 Å². The molecule has 1 aliphatic rings. The number of nitrogens with zero attached hydrogens (tertiary/aromatic N) is 1. The van der Waals surface area contributed by atoms with Crippen molar-refractivity contribution in [2.45, 2.75) is 19.8 Å². The molecule has 1 fully saturated rings. The lowest BCUT2D eigenvalue weighted by Gasteiger charge is -2.21. The molecular weight excluding hydrogens is 380 g/mol. The third-order valence-electron chi connectivity index (χ3n) is 5.49. The molecule has 30 heavy (non-hydrogen) atoms. The predicted molar refractivity (Wildman–Crippen MR) is 116 cm³/mol. The van der Waals surface area contributed by atoms with Crippen molar-refractivity contribution < 1.29 is 19.1 Å². The molecule has 160 valence electrons. The van der Waals surface area contributed by atoms with E-state index in [0.29, 0.717) is 42.6 Å². The van der Waals surface area contributed by atoms with Gasteiger partial charge in [-0.3, -0.25) is 9.59 Å². The Balaban J connectivity index is 1.91. The van der Waals surface area contributed by atoms with E-state index in [4.69, 9.17) is 9.47 Å². The van der Waals surface area contributed by atoms with Crippen molar-refractivity contribution in [2.75, 3.05) is 33.9 Å². The lowest BCUT2D eigenvalue weighted by molar-refractivity contribution is -0.125. The third-order valence-corrected chi connectivity index (χ3v) is 5.49. The zero-order chi connectivity index (χ0) is 21.7. The van der Waals surface area contributed by atoms with Gasteiger partial charge >= 0.3 is 0 Å². The van der Waals surface area contributed by atoms with Crippen LogP contribution in [0.4, 0.5) is 0 Å². The van der Waals surface area contributed by atoms with Crippen molar-refractivity contribution in [1.29, 1.82) is 0 Å². The highest BCUT2D eigenvalue weighted by Gasteiger charge is 2.41. The molecule has 6 heteroatoms. The fourth-order valence-electron chi connectivity index (χ4n) is 3.87. The Labute approximate surface area is 178 Å². The number of carbonyl (C=O) groups excluding carboxylic acids is 2. The first-order chi connectivity index (χ1) is 14.4. The summed E-state index contributed by atoms with van der Waals surface area (Å²) in [6, 6.07) is 14.8. The summed E-state index contributed by atoms with van der Waals surface area (Å²) < 4.78 is 10.9. The maximum atomic E-state index is 13.1. The molecule has 0 bridgehead atoms. The average molecular weight is 411 g/mol. The third kappa shape index (κ3) is 4.75. The number of carbonyl (C=O) groups is 2. The first-order valence-corrected chi connectivity index (χ1v) is 10.3. The minimum absolute atomic E-state index is 0.0325. The lowest BCUT2D eigenvalue weighted by Crippen LogP contribution is -2.37. The van der Waals surface area contributed by atoms with Gasteiger partial charge < -0.3 is 19.7 Å². The fraction of sp³-hybridized carbons (Fsp3) is 0.417. The second kappa shape index (κ2) is 9.65. The van der Waals surface area contributed by atoms with Crippen LogP contribution in [0.1, 0.15) is 35.7 Å². The molecule has 1 saturated heterocycles. The largest absolute Gasteiger partial charge is 0.497 e. The monoisotopic (exact) mass is 410 g/mol. The summed E-state index contributed by atoms with van der Waals surface area (Å²) in [4.78, 5) is 27.9. The molecule has 1 aliphatic heterocycles. The van der Waals surface area contributed by atoms with Crippen molar-refractivity contribution >= 4 is 11.8 Å². The molecule has 0 unspecified atom stereocenters. The molecule has 0 saturated carbocycles. The summed E-state index contributed by atoms with van der Waals surface area (Å²) in [7, 11) is 3.21. The quantitative estimate of drug-likeness (QED) is 0.760. The first kappa shape index (κ1) is 21.7. The van der Waals surface area contributed by atoms with Crippen LogP contribution in [0.2, 0.25) is 0 Å². The molecule has 0 aromatic heterocycles. The zero-order valence-electron chi connectivity index (χ0n) is 18.1. The van der Waals surface area contributed by atoms with Gasteiger partial charge in [-0.1, -0.05) is 38.1 Å². The highest BCUT2D eigenvalue weighted by Crippen LogP contribution is 2.39. The van der Waals surface area contributed by atoms with E-state index in [1.807, 2.05) is 36.4 Å². The van der Waals surface area contributed by atoms with Crippen molar-refractivity contribution in [3.63, 3.8) is 0 Å². The van der Waals surface area contributed by atoms with E-state index in [1.165, 1.54) is 0 Å². The van der Waals surface area contributed by atoms with Gasteiger partial charge in [0.1, 0.15) is 11.5 Å². The van der Waals surface area contributed by atoms with Crippen LogP contribution in [0.5, 0.6) is 11.5 Å². The maximum absolute atomic E-state index is 13.1. The number of amides is 2. The van der Waals surface area contributed by atoms with E-state index in [0.717, 1.165) is 5.56 Å². The molecule has 1 N–H and O–H groups in total. The van der Waals surface area contributed by atoms with Crippen LogP contribution >= 0.6 is 0 Å². The Kier molecular flexibility index (Phi) is 6.98. The van der Waals surface area contributed by atoms with Gasteiger partial charge in [0.15, 0.2) is 0 Å². The first-order valence-electron chi connectivity index (χ1n) is 10.3. The van der Waals surface area contributed by atoms with Crippen molar-refractivity contribution in [3.05, 3.63) is 59.7 Å². The molecule has 2 amide bonds. The highest BCUT2D eigenvalue weighted by molar-refractivity contribution is 5.95. The van der Waals surface area contributed by atoms with Crippen molar-refractivity contribution in [3.8, 4) is 11.5 Å². The topological polar surface area (TPSA) is 67.9 Å². The number of hydrogen-bond donors (Lipinski definition) is 1. The highest BCUT2D eigenvalue weighted by atomic mass is 16.5. The molecule has 2 atom stereocenters. The van der Waals surface area contributed by atoms with E-state index in [-0.39, 0.29) is 23.7 Å². The summed E-state index contributed by atoms with van der Waals surface area (Å²) in [5, 5.41) is 3.04. The summed E-state index contributed by atoms with van der Waals surface area (Å²) in [6.45, 7) is 5.55. The van der Waals surface area contributed by atoms with Gasteiger partial charge in [0.2, 0.25) is 5.91 Å². The van der Waals surface area contributed by atoms with Gasteiger partial charge in [0, 0.05) is 42.7 Å². The van der Waals surface area contributed by atoms with Crippen LogP contribution in [0.3, 0.4) is 0 Å². The normalized spacial score (nSPS) is 18.4. The number of hydrogen-bond acceptors (Lipinski definition) is 4. The van der Waals surface area contributed by atoms with Gasteiger partial charge in [-0.2, -0.15) is 0 Å². The molecule has 0 spiro atoms. The molecule has 2 aromatic rings. The lowest BCUT2D eigenvalue weighted by atomic mass is 9.87. The smallest absolute Gasteiger partial charge is 0.253 e. The number of likely N-dealkylation sites (tertiary alicyclic amines) is 1. The Morgan fingerprint density at radius 1 is 1.07 bits per heavy atom. The second-order valence-electron chi connectivity index (χ2n) is 8.04.